The van der Waals surface area contributed by atoms with E-state index < -0.39 is 5.60 Å². The molecule has 1 amide bonds. The largest absolute Gasteiger partial charge is 0.444 e. The monoisotopic (exact) mass is 270 g/mol. The Morgan fingerprint density at radius 3 is 2.83 bits per heavy atom. The van der Waals surface area contributed by atoms with Crippen LogP contribution >= 0.6 is 11.6 Å². The highest BCUT2D eigenvalue weighted by Gasteiger charge is 2.35. The van der Waals surface area contributed by atoms with Crippen LogP contribution in [0.25, 0.3) is 0 Å². The third-order valence-corrected chi connectivity index (χ3v) is 3.22. The van der Waals surface area contributed by atoms with Crippen LogP contribution in [0.4, 0.5) is 4.79 Å². The first-order valence-electron chi connectivity index (χ1n) is 6.27. The number of hydrogen-bond donors (Lipinski definition) is 0. The Kier molecular flexibility index (Phi) is 3.66. The van der Waals surface area contributed by atoms with Crippen molar-refractivity contribution in [3.05, 3.63) is 11.2 Å². The standard InChI is InChI=1S/C13H19ClN2O2/c1-13(2,3)18-12(17)16-6-4-5-11(16)10-7-9(14)8-15-10/h8,11H,4-7H2,1-3H3/t11-/m0/s1. The zero-order valence-corrected chi connectivity index (χ0v) is 11.8. The summed E-state index contributed by atoms with van der Waals surface area (Å²) in [5.41, 5.74) is 0.515. The lowest BCUT2D eigenvalue weighted by atomic mass is 10.1. The maximum Gasteiger partial charge on any atom is 0.410 e. The number of ether oxygens (including phenoxy) is 1. The van der Waals surface area contributed by atoms with Crippen LogP contribution in [0.5, 0.6) is 0 Å². The molecule has 2 aliphatic rings. The molecule has 0 N–H and O–H groups in total. The van der Waals surface area contributed by atoms with Crippen LogP contribution < -0.4 is 0 Å². The highest BCUT2D eigenvalue weighted by atomic mass is 35.5. The van der Waals surface area contributed by atoms with Crippen molar-refractivity contribution in [2.45, 2.75) is 51.7 Å². The highest BCUT2D eigenvalue weighted by molar-refractivity contribution is 6.32. The van der Waals surface area contributed by atoms with Crippen molar-refractivity contribution in [1.29, 1.82) is 0 Å². The van der Waals surface area contributed by atoms with Gasteiger partial charge in [0.05, 0.1) is 6.04 Å². The summed E-state index contributed by atoms with van der Waals surface area (Å²) in [6, 6.07) is 0.0485. The van der Waals surface area contributed by atoms with E-state index in [1.165, 1.54) is 0 Å². The molecule has 4 nitrogen and oxygen atoms in total. The van der Waals surface area contributed by atoms with Crippen molar-refractivity contribution in [3.63, 3.8) is 0 Å². The van der Waals surface area contributed by atoms with Crippen molar-refractivity contribution in [3.8, 4) is 0 Å². The van der Waals surface area contributed by atoms with Gasteiger partial charge in [-0.1, -0.05) is 11.6 Å². The van der Waals surface area contributed by atoms with Crippen LogP contribution in [0, 0.1) is 0 Å². The Morgan fingerprint density at radius 2 is 2.28 bits per heavy atom. The molecule has 0 unspecified atom stereocenters. The van der Waals surface area contributed by atoms with Crippen molar-refractivity contribution < 1.29 is 9.53 Å². The molecule has 0 bridgehead atoms. The van der Waals surface area contributed by atoms with Crippen LogP contribution in [0.2, 0.25) is 0 Å². The predicted molar refractivity (Wildman–Crippen MR) is 72.0 cm³/mol. The number of amides is 1. The normalized spacial score (nSPS) is 24.0. The first-order valence-corrected chi connectivity index (χ1v) is 6.65. The summed E-state index contributed by atoms with van der Waals surface area (Å²) in [5.74, 6) is 0. The minimum absolute atomic E-state index is 0.0485. The number of rotatable bonds is 1. The number of carbonyl (C=O) groups excluding carboxylic acids is 1. The number of halogens is 1. The van der Waals surface area contributed by atoms with E-state index in [0.717, 1.165) is 30.1 Å². The first-order chi connectivity index (χ1) is 8.37. The molecule has 2 rings (SSSR count). The molecular weight excluding hydrogens is 252 g/mol. The average Bonchev–Trinajstić information content (AvgIpc) is 2.81. The van der Waals surface area contributed by atoms with Crippen LogP contribution in [-0.2, 0) is 4.74 Å². The van der Waals surface area contributed by atoms with Crippen LogP contribution in [0.1, 0.15) is 40.0 Å². The van der Waals surface area contributed by atoms with E-state index in [2.05, 4.69) is 4.99 Å². The molecule has 18 heavy (non-hydrogen) atoms. The van der Waals surface area contributed by atoms with E-state index in [-0.39, 0.29) is 12.1 Å². The number of carbonyl (C=O) groups is 1. The summed E-state index contributed by atoms with van der Waals surface area (Å²) in [6.07, 6.45) is 4.00. The average molecular weight is 271 g/mol. The second-order valence-corrected chi connectivity index (χ2v) is 6.19. The molecule has 2 aliphatic heterocycles. The summed E-state index contributed by atoms with van der Waals surface area (Å²) >= 11 is 5.93. The van der Waals surface area contributed by atoms with Gasteiger partial charge in [-0.05, 0) is 33.6 Å². The van der Waals surface area contributed by atoms with Gasteiger partial charge in [-0.2, -0.15) is 0 Å². The summed E-state index contributed by atoms with van der Waals surface area (Å²) in [7, 11) is 0. The Labute approximate surface area is 113 Å². The first kappa shape index (κ1) is 13.4. The third-order valence-electron chi connectivity index (χ3n) is 2.99. The van der Waals surface area contributed by atoms with Gasteiger partial charge in [0.2, 0.25) is 0 Å². The van der Waals surface area contributed by atoms with Crippen molar-refractivity contribution in [2.24, 2.45) is 4.99 Å². The predicted octanol–water partition coefficient (Wildman–Crippen LogP) is 3.31. The lowest BCUT2D eigenvalue weighted by molar-refractivity contribution is 0.0265. The molecule has 1 fully saturated rings. The summed E-state index contributed by atoms with van der Waals surface area (Å²) < 4.78 is 5.42. The molecule has 5 heteroatoms. The van der Waals surface area contributed by atoms with Gasteiger partial charge < -0.3 is 4.74 Å². The summed E-state index contributed by atoms with van der Waals surface area (Å²) in [6.45, 7) is 6.36. The van der Waals surface area contributed by atoms with Crippen LogP contribution in [0.15, 0.2) is 16.2 Å². The topological polar surface area (TPSA) is 41.9 Å². The van der Waals surface area contributed by atoms with Gasteiger partial charge in [0, 0.05) is 29.9 Å². The van der Waals surface area contributed by atoms with Crippen molar-refractivity contribution >= 4 is 23.4 Å². The summed E-state index contributed by atoms with van der Waals surface area (Å²) in [5, 5.41) is 0.737. The Morgan fingerprint density at radius 1 is 1.56 bits per heavy atom. The van der Waals surface area contributed by atoms with Gasteiger partial charge in [0.15, 0.2) is 0 Å². The van der Waals surface area contributed by atoms with Gasteiger partial charge in [0.1, 0.15) is 5.60 Å². The Hall–Kier alpha value is -1.03. The van der Waals surface area contributed by atoms with Gasteiger partial charge in [-0.15, -0.1) is 0 Å². The molecule has 0 radical (unpaired) electrons. The van der Waals surface area contributed by atoms with E-state index in [0.29, 0.717) is 6.42 Å². The zero-order valence-electron chi connectivity index (χ0n) is 11.1. The maximum absolute atomic E-state index is 12.1. The van der Waals surface area contributed by atoms with Crippen LogP contribution in [-0.4, -0.2) is 34.9 Å². The second kappa shape index (κ2) is 4.92. The Bertz CT molecular complexity index is 410. The van der Waals surface area contributed by atoms with Gasteiger partial charge in [-0.25, -0.2) is 4.79 Å². The molecule has 2 heterocycles. The fraction of sp³-hybridized carbons (Fsp3) is 0.692. The van der Waals surface area contributed by atoms with Gasteiger partial charge in [0.25, 0.3) is 0 Å². The van der Waals surface area contributed by atoms with Gasteiger partial charge >= 0.3 is 6.09 Å². The quantitative estimate of drug-likeness (QED) is 0.734. The molecule has 0 spiro atoms. The molecule has 0 aromatic carbocycles. The molecule has 1 saturated heterocycles. The van der Waals surface area contributed by atoms with Gasteiger partial charge in [-0.3, -0.25) is 9.89 Å². The number of allylic oxidation sites excluding steroid dienone is 1. The molecule has 1 atom stereocenters. The second-order valence-electron chi connectivity index (χ2n) is 5.70. The number of likely N-dealkylation sites (tertiary alicyclic amines) is 1. The lowest BCUT2D eigenvalue weighted by Crippen LogP contribution is -2.43. The number of hydrogen-bond acceptors (Lipinski definition) is 3. The zero-order chi connectivity index (χ0) is 13.3. The molecule has 0 saturated carbocycles. The van der Waals surface area contributed by atoms with E-state index in [9.17, 15) is 4.79 Å². The SMILES string of the molecule is CC(C)(C)OC(=O)N1CCC[C@H]1C1=NC=C(Cl)C1. The minimum Gasteiger partial charge on any atom is -0.444 e. The number of aliphatic imine (C=N–C) groups is 1. The van der Waals surface area contributed by atoms with E-state index >= 15 is 0 Å². The Balaban J connectivity index is 2.02. The summed E-state index contributed by atoms with van der Waals surface area (Å²) in [4.78, 5) is 18.2. The molecule has 0 aromatic rings. The lowest BCUT2D eigenvalue weighted by Gasteiger charge is -2.28. The number of nitrogens with zero attached hydrogens (tertiary/aromatic N) is 2. The fourth-order valence-electron chi connectivity index (χ4n) is 2.27. The minimum atomic E-state index is -0.461. The van der Waals surface area contributed by atoms with Crippen molar-refractivity contribution in [2.75, 3.05) is 6.54 Å². The fourth-order valence-corrected chi connectivity index (χ4v) is 2.46. The van der Waals surface area contributed by atoms with Crippen molar-refractivity contribution in [1.82, 2.24) is 4.90 Å². The molecule has 0 aromatic heterocycles. The maximum atomic E-state index is 12.1. The third kappa shape index (κ3) is 3.05. The highest BCUT2D eigenvalue weighted by Crippen LogP contribution is 2.27. The molecular formula is C13H19ClN2O2. The molecule has 0 aliphatic carbocycles. The van der Waals surface area contributed by atoms with Crippen LogP contribution in [0.3, 0.4) is 0 Å². The van der Waals surface area contributed by atoms with E-state index in [1.807, 2.05) is 20.8 Å². The smallest absolute Gasteiger partial charge is 0.410 e. The van der Waals surface area contributed by atoms with E-state index in [4.69, 9.17) is 16.3 Å². The molecule has 100 valence electrons. The van der Waals surface area contributed by atoms with E-state index in [1.54, 1.807) is 11.1 Å².